The molecular formula is C24H21N3O5S. The van der Waals surface area contributed by atoms with Crippen LogP contribution in [0, 0.1) is 0 Å². The first kappa shape index (κ1) is 22.1. The molecule has 0 aliphatic heterocycles. The molecule has 1 aromatic heterocycles. The monoisotopic (exact) mass is 463 g/mol. The van der Waals surface area contributed by atoms with Crippen molar-refractivity contribution in [1.29, 1.82) is 0 Å². The molecule has 0 fully saturated rings. The fourth-order valence-electron chi connectivity index (χ4n) is 3.13. The second-order valence-electron chi connectivity index (χ2n) is 6.94. The first-order valence-electron chi connectivity index (χ1n) is 9.89. The van der Waals surface area contributed by atoms with Crippen LogP contribution in [0.2, 0.25) is 0 Å². The standard InChI is InChI=1S/C24H21N3O5S/c1-29-17-8-9-21-20(13-17)26-23(32-21)14-4-6-16(7-5-14)25-24(33)27-22(28)15-10-18(30-2)12-19(11-15)31-3/h4-13H,1-3H3,(H2,25,27,28,33). The Labute approximate surface area is 195 Å². The van der Waals surface area contributed by atoms with E-state index in [0.717, 1.165) is 5.56 Å². The summed E-state index contributed by atoms with van der Waals surface area (Å²) in [6.07, 6.45) is 0. The first-order chi connectivity index (χ1) is 16.0. The summed E-state index contributed by atoms with van der Waals surface area (Å²) in [6.45, 7) is 0. The van der Waals surface area contributed by atoms with E-state index >= 15 is 0 Å². The smallest absolute Gasteiger partial charge is 0.257 e. The normalized spacial score (nSPS) is 10.5. The zero-order valence-electron chi connectivity index (χ0n) is 18.2. The zero-order valence-corrected chi connectivity index (χ0v) is 19.0. The Hall–Kier alpha value is -4.11. The molecule has 0 saturated heterocycles. The Bertz CT molecular complexity index is 1300. The van der Waals surface area contributed by atoms with E-state index in [-0.39, 0.29) is 11.0 Å². The van der Waals surface area contributed by atoms with E-state index < -0.39 is 0 Å². The summed E-state index contributed by atoms with van der Waals surface area (Å²) in [4.78, 5) is 17.1. The molecule has 2 N–H and O–H groups in total. The van der Waals surface area contributed by atoms with Crippen LogP contribution in [-0.2, 0) is 0 Å². The number of rotatable bonds is 6. The van der Waals surface area contributed by atoms with Gasteiger partial charge in [0.2, 0.25) is 5.89 Å². The van der Waals surface area contributed by atoms with Gasteiger partial charge in [-0.3, -0.25) is 10.1 Å². The van der Waals surface area contributed by atoms with Gasteiger partial charge in [-0.05, 0) is 60.7 Å². The number of nitrogens with zero attached hydrogens (tertiary/aromatic N) is 1. The summed E-state index contributed by atoms with van der Waals surface area (Å²) in [6, 6.07) is 17.7. The molecule has 168 valence electrons. The number of fused-ring (bicyclic) bond motifs is 1. The number of methoxy groups -OCH3 is 3. The molecule has 0 spiro atoms. The number of thiocarbonyl (C=S) groups is 1. The number of oxazole rings is 1. The molecule has 0 radical (unpaired) electrons. The van der Waals surface area contributed by atoms with E-state index in [4.69, 9.17) is 30.8 Å². The number of hydrogen-bond donors (Lipinski definition) is 2. The number of carbonyl (C=O) groups excluding carboxylic acids is 1. The molecule has 33 heavy (non-hydrogen) atoms. The third-order valence-electron chi connectivity index (χ3n) is 4.83. The quantitative estimate of drug-likeness (QED) is 0.399. The van der Waals surface area contributed by atoms with Crippen molar-refractivity contribution < 1.29 is 23.4 Å². The lowest BCUT2D eigenvalue weighted by Gasteiger charge is -2.11. The van der Waals surface area contributed by atoms with Gasteiger partial charge < -0.3 is 23.9 Å². The van der Waals surface area contributed by atoms with Gasteiger partial charge in [0.1, 0.15) is 22.8 Å². The van der Waals surface area contributed by atoms with Gasteiger partial charge in [0.05, 0.1) is 21.3 Å². The minimum atomic E-state index is -0.386. The molecule has 4 aromatic rings. The lowest BCUT2D eigenvalue weighted by Crippen LogP contribution is -2.34. The molecule has 8 nitrogen and oxygen atoms in total. The molecule has 1 heterocycles. The van der Waals surface area contributed by atoms with Crippen LogP contribution in [0.25, 0.3) is 22.6 Å². The lowest BCUT2D eigenvalue weighted by molar-refractivity contribution is 0.0977. The second-order valence-corrected chi connectivity index (χ2v) is 7.35. The highest BCUT2D eigenvalue weighted by atomic mass is 32.1. The molecule has 4 rings (SSSR count). The first-order valence-corrected chi connectivity index (χ1v) is 10.3. The van der Waals surface area contributed by atoms with Crippen molar-refractivity contribution in [2.75, 3.05) is 26.6 Å². The Balaban J connectivity index is 1.43. The van der Waals surface area contributed by atoms with Gasteiger partial charge in [0.25, 0.3) is 5.91 Å². The number of ether oxygens (including phenoxy) is 3. The van der Waals surface area contributed by atoms with Crippen LogP contribution in [0.1, 0.15) is 10.4 Å². The highest BCUT2D eigenvalue weighted by Gasteiger charge is 2.13. The number of hydrogen-bond acceptors (Lipinski definition) is 7. The minimum Gasteiger partial charge on any atom is -0.497 e. The van der Waals surface area contributed by atoms with Gasteiger partial charge in [-0.2, -0.15) is 0 Å². The summed E-state index contributed by atoms with van der Waals surface area (Å²) in [5, 5.41) is 5.80. The maximum atomic E-state index is 12.6. The van der Waals surface area contributed by atoms with Crippen molar-refractivity contribution in [1.82, 2.24) is 10.3 Å². The van der Waals surface area contributed by atoms with Crippen molar-refractivity contribution in [2.45, 2.75) is 0 Å². The second kappa shape index (κ2) is 9.58. The Morgan fingerprint density at radius 2 is 1.55 bits per heavy atom. The van der Waals surface area contributed by atoms with Crippen LogP contribution in [0.15, 0.2) is 65.1 Å². The number of aromatic nitrogens is 1. The zero-order chi connectivity index (χ0) is 23.4. The van der Waals surface area contributed by atoms with Crippen molar-refractivity contribution in [3.63, 3.8) is 0 Å². The predicted octanol–water partition coefficient (Wildman–Crippen LogP) is 4.65. The number of amides is 1. The van der Waals surface area contributed by atoms with Crippen LogP contribution < -0.4 is 24.8 Å². The average Bonchev–Trinajstić information content (AvgIpc) is 3.27. The van der Waals surface area contributed by atoms with E-state index in [1.54, 1.807) is 25.3 Å². The number of carbonyl (C=O) groups is 1. The highest BCUT2D eigenvalue weighted by Crippen LogP contribution is 2.28. The SMILES string of the molecule is COc1cc(OC)cc(C(=O)NC(=S)Nc2ccc(-c3nc4cc(OC)ccc4o3)cc2)c1. The fraction of sp³-hybridized carbons (Fsp3) is 0.125. The number of benzene rings is 3. The van der Waals surface area contributed by atoms with Crippen LogP contribution in [0.5, 0.6) is 17.2 Å². The summed E-state index contributed by atoms with van der Waals surface area (Å²) < 4.78 is 21.4. The summed E-state index contributed by atoms with van der Waals surface area (Å²) in [5.41, 5.74) is 3.24. The van der Waals surface area contributed by atoms with Crippen molar-refractivity contribution in [3.8, 4) is 28.7 Å². The average molecular weight is 464 g/mol. The molecular weight excluding hydrogens is 442 g/mol. The Kier molecular flexibility index (Phi) is 6.41. The molecule has 0 bridgehead atoms. The van der Waals surface area contributed by atoms with Crippen LogP contribution >= 0.6 is 12.2 Å². The van der Waals surface area contributed by atoms with E-state index in [0.29, 0.717) is 45.5 Å². The maximum Gasteiger partial charge on any atom is 0.257 e. The predicted molar refractivity (Wildman–Crippen MR) is 129 cm³/mol. The van der Waals surface area contributed by atoms with Crippen LogP contribution in [-0.4, -0.2) is 37.3 Å². The minimum absolute atomic E-state index is 0.156. The Morgan fingerprint density at radius 3 is 2.18 bits per heavy atom. The van der Waals surface area contributed by atoms with E-state index in [2.05, 4.69) is 15.6 Å². The van der Waals surface area contributed by atoms with Gasteiger partial charge >= 0.3 is 0 Å². The van der Waals surface area contributed by atoms with Gasteiger partial charge in [0.15, 0.2) is 10.7 Å². The van der Waals surface area contributed by atoms with Crippen molar-refractivity contribution >= 4 is 40.0 Å². The van der Waals surface area contributed by atoms with Crippen molar-refractivity contribution in [3.05, 3.63) is 66.2 Å². The molecule has 0 atom stereocenters. The van der Waals surface area contributed by atoms with E-state index in [1.807, 2.05) is 42.5 Å². The highest BCUT2D eigenvalue weighted by molar-refractivity contribution is 7.80. The third-order valence-corrected chi connectivity index (χ3v) is 5.03. The van der Waals surface area contributed by atoms with Gasteiger partial charge in [-0.15, -0.1) is 0 Å². The number of anilines is 1. The summed E-state index contributed by atoms with van der Waals surface area (Å²) in [7, 11) is 4.64. The van der Waals surface area contributed by atoms with E-state index in [9.17, 15) is 4.79 Å². The van der Waals surface area contributed by atoms with Crippen molar-refractivity contribution in [2.24, 2.45) is 0 Å². The van der Waals surface area contributed by atoms with Crippen LogP contribution in [0.3, 0.4) is 0 Å². The maximum absolute atomic E-state index is 12.6. The summed E-state index contributed by atoms with van der Waals surface area (Å²) in [5.74, 6) is 1.83. The Morgan fingerprint density at radius 1 is 0.879 bits per heavy atom. The van der Waals surface area contributed by atoms with Gasteiger partial charge in [-0.1, -0.05) is 0 Å². The lowest BCUT2D eigenvalue weighted by atomic mass is 10.2. The molecule has 0 saturated carbocycles. The summed E-state index contributed by atoms with van der Waals surface area (Å²) >= 11 is 5.28. The van der Waals surface area contributed by atoms with Crippen LogP contribution in [0.4, 0.5) is 5.69 Å². The third kappa shape index (κ3) is 5.04. The molecule has 0 aliphatic carbocycles. The molecule has 1 amide bonds. The van der Waals surface area contributed by atoms with Gasteiger partial charge in [-0.25, -0.2) is 4.98 Å². The molecule has 0 unspecified atom stereocenters. The molecule has 3 aromatic carbocycles. The topological polar surface area (TPSA) is 94.9 Å². The molecule has 0 aliphatic rings. The number of nitrogens with one attached hydrogen (secondary N) is 2. The van der Waals surface area contributed by atoms with E-state index in [1.165, 1.54) is 14.2 Å². The largest absolute Gasteiger partial charge is 0.497 e. The molecule has 9 heteroatoms. The van der Waals surface area contributed by atoms with Gasteiger partial charge in [0, 0.05) is 28.9 Å². The fourth-order valence-corrected chi connectivity index (χ4v) is 3.34.